The molecule has 8 rings (SSSR count). The summed E-state index contributed by atoms with van der Waals surface area (Å²) < 4.78 is 39.6. The average Bonchev–Trinajstić information content (AvgIpc) is 4.05. The van der Waals surface area contributed by atoms with Gasteiger partial charge in [0, 0.05) is 29.2 Å². The van der Waals surface area contributed by atoms with Crippen molar-refractivity contribution in [3.63, 3.8) is 0 Å². The molecule has 5 atom stereocenters. The number of benzene rings is 2. The summed E-state index contributed by atoms with van der Waals surface area (Å²) >= 11 is 0. The Kier molecular flexibility index (Phi) is 9.36. The highest BCUT2D eigenvalue weighted by molar-refractivity contribution is 7.91. The van der Waals surface area contributed by atoms with E-state index in [1.807, 2.05) is 60.7 Å². The number of fused-ring (bicyclic) bond motifs is 5. The second kappa shape index (κ2) is 14.2. The van der Waals surface area contributed by atoms with E-state index >= 15 is 0 Å². The van der Waals surface area contributed by atoms with Crippen LogP contribution in [0.5, 0.6) is 5.88 Å². The number of rotatable bonds is 7. The number of aromatic nitrogens is 2. The second-order valence-corrected chi connectivity index (χ2v) is 16.8. The van der Waals surface area contributed by atoms with Crippen LogP contribution in [0.3, 0.4) is 0 Å². The number of amides is 4. The fourth-order valence-corrected chi connectivity index (χ4v) is 9.04. The third kappa shape index (κ3) is 7.04. The fourth-order valence-electron chi connectivity index (χ4n) is 7.67. The van der Waals surface area contributed by atoms with E-state index in [0.29, 0.717) is 43.7 Å². The molecule has 4 aliphatic rings. The SMILES string of the molecule is Cc1cc(C(=O)N[C@H]2CCCCC/C=C\[C@@H]3C[C@@]3(C(=O)NS(=O)(=O)C3CC3)NC(=O)[C@@H]3C[C@@H](Oc4nc5ccccc5c5ccccc45)CN3C2=O)no1. The molecule has 3 fully saturated rings. The number of nitrogens with one attached hydrogen (secondary N) is 3. The maximum Gasteiger partial charge on any atom is 0.274 e. The molecule has 4 heterocycles. The van der Waals surface area contributed by atoms with Crippen molar-refractivity contribution in [2.75, 3.05) is 6.54 Å². The highest BCUT2D eigenvalue weighted by Crippen LogP contribution is 2.46. The van der Waals surface area contributed by atoms with Crippen molar-refractivity contribution in [1.82, 2.24) is 30.4 Å². The quantitative estimate of drug-likeness (QED) is 0.185. The standard InChI is InChI=1S/C39H42N6O8S/c1-23-19-32(43-53-23)34(46)40-31-16-6-4-2-3-5-11-24-21-39(24,38(49)44-54(50,51)26-17-18-26)42-35(47)33-20-25(22-45(33)37(31)48)52-36-29-14-8-7-12-27(29)28-13-9-10-15-30(28)41-36/h5,7-15,19,24-26,31,33H,2-4,6,16-18,20-22H2,1H3,(H,40,46)(H,42,47)(H,44,49)/b11-5-/t24-,25-,31+,33+,39-/m1/s1. The van der Waals surface area contributed by atoms with Gasteiger partial charge in [-0.2, -0.15) is 0 Å². The Morgan fingerprint density at radius 2 is 1.76 bits per heavy atom. The predicted octanol–water partition coefficient (Wildman–Crippen LogP) is 3.83. The van der Waals surface area contributed by atoms with Crippen LogP contribution < -0.4 is 20.1 Å². The smallest absolute Gasteiger partial charge is 0.274 e. The number of hydrogen-bond acceptors (Lipinski definition) is 10. The first kappa shape index (κ1) is 35.7. The van der Waals surface area contributed by atoms with Crippen LogP contribution >= 0.6 is 0 Å². The summed E-state index contributed by atoms with van der Waals surface area (Å²) in [6.45, 7) is 1.65. The molecule has 14 nitrogen and oxygen atoms in total. The fraction of sp³-hybridized carbons (Fsp3) is 0.436. The lowest BCUT2D eigenvalue weighted by atomic mass is 10.0. The molecule has 54 heavy (non-hydrogen) atoms. The normalized spacial score (nSPS) is 26.9. The molecule has 282 valence electrons. The van der Waals surface area contributed by atoms with Crippen LogP contribution in [0.4, 0.5) is 0 Å². The number of nitrogens with zero attached hydrogens (tertiary/aromatic N) is 3. The maximum absolute atomic E-state index is 14.6. The maximum atomic E-state index is 14.6. The summed E-state index contributed by atoms with van der Waals surface area (Å²) in [4.78, 5) is 62.3. The minimum Gasteiger partial charge on any atom is -0.472 e. The van der Waals surface area contributed by atoms with E-state index in [0.717, 1.165) is 34.5 Å². The summed E-state index contributed by atoms with van der Waals surface area (Å²) in [7, 11) is -3.89. The largest absolute Gasteiger partial charge is 0.472 e. The van der Waals surface area contributed by atoms with Crippen molar-refractivity contribution in [2.45, 2.75) is 93.7 Å². The van der Waals surface area contributed by atoms with Gasteiger partial charge in [0.2, 0.25) is 27.7 Å². The van der Waals surface area contributed by atoms with Gasteiger partial charge in [-0.25, -0.2) is 13.4 Å². The summed E-state index contributed by atoms with van der Waals surface area (Å²) in [5.41, 5.74) is -0.750. The number of para-hydroxylation sites is 1. The predicted molar refractivity (Wildman–Crippen MR) is 198 cm³/mol. The van der Waals surface area contributed by atoms with Crippen LogP contribution in [0.15, 0.2) is 71.3 Å². The first-order chi connectivity index (χ1) is 26.0. The molecule has 2 saturated carbocycles. The number of hydrogen-bond donors (Lipinski definition) is 3. The molecule has 3 N–H and O–H groups in total. The Balaban J connectivity index is 1.12. The van der Waals surface area contributed by atoms with Crippen molar-refractivity contribution in [3.8, 4) is 5.88 Å². The lowest BCUT2D eigenvalue weighted by Gasteiger charge is -2.29. The molecule has 1 saturated heterocycles. The van der Waals surface area contributed by atoms with Gasteiger partial charge in [0.1, 0.15) is 29.5 Å². The highest BCUT2D eigenvalue weighted by atomic mass is 32.2. The van der Waals surface area contributed by atoms with E-state index in [1.54, 1.807) is 6.92 Å². The third-order valence-corrected chi connectivity index (χ3v) is 12.7. The Bertz CT molecular complexity index is 2290. The summed E-state index contributed by atoms with van der Waals surface area (Å²) in [5.74, 6) is -2.11. The van der Waals surface area contributed by atoms with Crippen LogP contribution in [-0.2, 0) is 24.4 Å². The number of aryl methyl sites for hydroxylation is 1. The monoisotopic (exact) mass is 754 g/mol. The van der Waals surface area contributed by atoms with Gasteiger partial charge in [0.25, 0.3) is 11.8 Å². The van der Waals surface area contributed by atoms with Crippen molar-refractivity contribution < 1.29 is 36.9 Å². The van der Waals surface area contributed by atoms with Gasteiger partial charge in [-0.3, -0.25) is 23.9 Å². The summed E-state index contributed by atoms with van der Waals surface area (Å²) in [6, 6.07) is 14.8. The summed E-state index contributed by atoms with van der Waals surface area (Å²) in [5, 5.41) is 11.6. The molecular weight excluding hydrogens is 713 g/mol. The zero-order valence-corrected chi connectivity index (χ0v) is 30.6. The summed E-state index contributed by atoms with van der Waals surface area (Å²) in [6.07, 6.45) is 7.52. The van der Waals surface area contributed by atoms with Gasteiger partial charge in [-0.15, -0.1) is 0 Å². The zero-order chi connectivity index (χ0) is 37.6. The van der Waals surface area contributed by atoms with Crippen molar-refractivity contribution in [3.05, 3.63) is 78.2 Å². The molecule has 2 aliphatic heterocycles. The molecule has 4 aromatic rings. The highest BCUT2D eigenvalue weighted by Gasteiger charge is 2.62. The molecule has 15 heteroatoms. The lowest BCUT2D eigenvalue weighted by molar-refractivity contribution is -0.141. The van der Waals surface area contributed by atoms with Crippen LogP contribution in [0.25, 0.3) is 21.7 Å². The average molecular weight is 755 g/mol. The first-order valence-electron chi connectivity index (χ1n) is 18.6. The van der Waals surface area contributed by atoms with E-state index in [9.17, 15) is 27.6 Å². The van der Waals surface area contributed by atoms with E-state index in [4.69, 9.17) is 14.2 Å². The van der Waals surface area contributed by atoms with Gasteiger partial charge < -0.3 is 24.8 Å². The van der Waals surface area contributed by atoms with Crippen LogP contribution in [0, 0.1) is 12.8 Å². The third-order valence-electron chi connectivity index (χ3n) is 10.9. The molecule has 0 bridgehead atoms. The molecule has 0 radical (unpaired) electrons. The molecule has 0 unspecified atom stereocenters. The van der Waals surface area contributed by atoms with Gasteiger partial charge in [-0.05, 0) is 63.0 Å². The number of carbonyl (C=O) groups is 4. The number of pyridine rings is 1. The molecule has 4 amide bonds. The minimum atomic E-state index is -3.89. The van der Waals surface area contributed by atoms with Crippen molar-refractivity contribution in [2.24, 2.45) is 5.92 Å². The lowest BCUT2D eigenvalue weighted by Crippen LogP contribution is -2.58. The topological polar surface area (TPSA) is 190 Å². The Morgan fingerprint density at radius 1 is 1.00 bits per heavy atom. The van der Waals surface area contributed by atoms with Gasteiger partial charge >= 0.3 is 0 Å². The molecule has 2 aromatic carbocycles. The minimum absolute atomic E-state index is 0.00617. The van der Waals surface area contributed by atoms with E-state index in [1.165, 1.54) is 11.0 Å². The molecular formula is C39H42N6O8S. The Labute approximate surface area is 312 Å². The molecule has 0 spiro atoms. The Morgan fingerprint density at radius 3 is 2.52 bits per heavy atom. The van der Waals surface area contributed by atoms with Crippen molar-refractivity contribution >= 4 is 55.3 Å². The number of sulfonamides is 1. The van der Waals surface area contributed by atoms with Crippen LogP contribution in [0.2, 0.25) is 0 Å². The molecule has 2 aliphatic carbocycles. The first-order valence-corrected chi connectivity index (χ1v) is 20.1. The Hall–Kier alpha value is -5.31. The van der Waals surface area contributed by atoms with E-state index < -0.39 is 68.5 Å². The zero-order valence-electron chi connectivity index (χ0n) is 29.8. The van der Waals surface area contributed by atoms with Crippen LogP contribution in [0.1, 0.15) is 74.0 Å². The number of allylic oxidation sites excluding steroid dienone is 1. The molecule has 2 aromatic heterocycles. The number of ether oxygens (including phenoxy) is 1. The van der Waals surface area contributed by atoms with Crippen molar-refractivity contribution in [1.29, 1.82) is 0 Å². The van der Waals surface area contributed by atoms with Gasteiger partial charge in [0.15, 0.2) is 5.69 Å². The second-order valence-electron chi connectivity index (χ2n) is 14.8. The van der Waals surface area contributed by atoms with Crippen LogP contribution in [-0.4, -0.2) is 82.6 Å². The van der Waals surface area contributed by atoms with E-state index in [-0.39, 0.29) is 25.1 Å². The van der Waals surface area contributed by atoms with E-state index in [2.05, 4.69) is 20.5 Å². The van der Waals surface area contributed by atoms with Gasteiger partial charge in [0.05, 0.1) is 17.3 Å². The number of carbonyl (C=O) groups excluding carboxylic acids is 4. The van der Waals surface area contributed by atoms with Gasteiger partial charge in [-0.1, -0.05) is 66.5 Å².